The number of hydrogen-bond acceptors (Lipinski definition) is 3. The minimum Gasteiger partial charge on any atom is -0.436 e. The fourth-order valence-electron chi connectivity index (χ4n) is 2.87. The van der Waals surface area contributed by atoms with Crippen molar-refractivity contribution in [2.24, 2.45) is 0 Å². The molecule has 0 unspecified atom stereocenters. The molecule has 1 N–H and O–H groups in total. The van der Waals surface area contributed by atoms with Crippen molar-refractivity contribution in [3.05, 3.63) is 81.8 Å². The monoisotopic (exact) mass is 420 g/mol. The van der Waals surface area contributed by atoms with Gasteiger partial charge in [-0.3, -0.25) is 4.79 Å². The summed E-state index contributed by atoms with van der Waals surface area (Å²) in [6.07, 6.45) is 0. The van der Waals surface area contributed by atoms with Crippen molar-refractivity contribution in [2.75, 3.05) is 5.32 Å². The molecule has 4 nitrogen and oxygen atoms in total. The van der Waals surface area contributed by atoms with Crippen LogP contribution < -0.4 is 5.32 Å². The van der Waals surface area contributed by atoms with E-state index in [0.29, 0.717) is 11.5 Å². The molecule has 27 heavy (non-hydrogen) atoms. The second kappa shape index (κ2) is 7.00. The van der Waals surface area contributed by atoms with Crippen LogP contribution in [0.1, 0.15) is 21.5 Å². The summed E-state index contributed by atoms with van der Waals surface area (Å²) in [4.78, 5) is 17.2. The smallest absolute Gasteiger partial charge is 0.255 e. The van der Waals surface area contributed by atoms with E-state index in [1.807, 2.05) is 62.4 Å². The maximum Gasteiger partial charge on any atom is 0.255 e. The Balaban J connectivity index is 1.67. The van der Waals surface area contributed by atoms with Crippen molar-refractivity contribution >= 4 is 38.6 Å². The second-order valence-electron chi connectivity index (χ2n) is 6.48. The normalized spacial score (nSPS) is 10.9. The molecule has 0 saturated heterocycles. The average molecular weight is 421 g/mol. The number of nitrogens with zero attached hydrogens (tertiary/aromatic N) is 1. The number of amides is 1. The van der Waals surface area contributed by atoms with Crippen LogP contribution in [0, 0.1) is 13.8 Å². The molecule has 1 amide bonds. The van der Waals surface area contributed by atoms with Gasteiger partial charge < -0.3 is 9.73 Å². The maximum atomic E-state index is 12.6. The fourth-order valence-corrected chi connectivity index (χ4v) is 3.27. The van der Waals surface area contributed by atoms with Crippen molar-refractivity contribution in [1.29, 1.82) is 0 Å². The molecule has 0 saturated carbocycles. The molecule has 0 radical (unpaired) electrons. The summed E-state index contributed by atoms with van der Waals surface area (Å²) in [5.74, 6) is 0.373. The Kier molecular flexibility index (Phi) is 4.54. The maximum absolute atomic E-state index is 12.6. The van der Waals surface area contributed by atoms with Crippen LogP contribution in [0.15, 0.2) is 69.6 Å². The molecule has 3 aromatic carbocycles. The number of aromatic nitrogens is 1. The molecular weight excluding hydrogens is 404 g/mol. The number of aryl methyl sites for hydroxylation is 2. The molecule has 0 spiro atoms. The van der Waals surface area contributed by atoms with Gasteiger partial charge in [0, 0.05) is 21.3 Å². The van der Waals surface area contributed by atoms with Crippen LogP contribution in [0.2, 0.25) is 0 Å². The van der Waals surface area contributed by atoms with Gasteiger partial charge in [-0.25, -0.2) is 4.98 Å². The van der Waals surface area contributed by atoms with Gasteiger partial charge in [0.05, 0.1) is 0 Å². The molecular formula is C22H17BrN2O2. The lowest BCUT2D eigenvalue weighted by Crippen LogP contribution is -2.12. The van der Waals surface area contributed by atoms with E-state index in [-0.39, 0.29) is 5.91 Å². The summed E-state index contributed by atoms with van der Waals surface area (Å²) >= 11 is 3.39. The Labute approximate surface area is 165 Å². The summed E-state index contributed by atoms with van der Waals surface area (Å²) in [5.41, 5.74) is 5.81. The Hall–Kier alpha value is -2.92. The molecule has 0 aliphatic heterocycles. The summed E-state index contributed by atoms with van der Waals surface area (Å²) in [6.45, 7) is 3.98. The van der Waals surface area contributed by atoms with Gasteiger partial charge >= 0.3 is 0 Å². The molecule has 4 rings (SSSR count). The number of carbonyl (C=O) groups excluding carboxylic acids is 1. The highest BCUT2D eigenvalue weighted by molar-refractivity contribution is 9.10. The molecule has 1 heterocycles. The van der Waals surface area contributed by atoms with Gasteiger partial charge in [0.15, 0.2) is 5.58 Å². The zero-order valence-electron chi connectivity index (χ0n) is 14.9. The zero-order chi connectivity index (χ0) is 19.0. The quantitative estimate of drug-likeness (QED) is 0.433. The number of nitrogens with one attached hydrogen (secondary N) is 1. The first-order valence-electron chi connectivity index (χ1n) is 8.55. The predicted molar refractivity (Wildman–Crippen MR) is 111 cm³/mol. The third-order valence-electron chi connectivity index (χ3n) is 4.36. The van der Waals surface area contributed by atoms with Crippen molar-refractivity contribution in [2.45, 2.75) is 13.8 Å². The van der Waals surface area contributed by atoms with Crippen LogP contribution in [0.3, 0.4) is 0 Å². The Bertz CT molecular complexity index is 1160. The van der Waals surface area contributed by atoms with Crippen molar-refractivity contribution in [1.82, 2.24) is 4.98 Å². The van der Waals surface area contributed by atoms with E-state index in [1.54, 1.807) is 12.1 Å². The minimum atomic E-state index is -0.162. The highest BCUT2D eigenvalue weighted by Crippen LogP contribution is 2.28. The standard InChI is InChI=1S/C22H17BrN2O2/c1-13-6-9-20-19(10-13)25-22(27-20)16-8-7-14(2)18(12-16)24-21(26)15-4-3-5-17(23)11-15/h3-12H,1-2H3,(H,24,26). The summed E-state index contributed by atoms with van der Waals surface area (Å²) in [6, 6.07) is 19.0. The topological polar surface area (TPSA) is 55.1 Å². The minimum absolute atomic E-state index is 0.162. The van der Waals surface area contributed by atoms with Gasteiger partial charge in [-0.15, -0.1) is 0 Å². The lowest BCUT2D eigenvalue weighted by Gasteiger charge is -2.10. The molecule has 0 bridgehead atoms. The van der Waals surface area contributed by atoms with E-state index in [9.17, 15) is 4.79 Å². The van der Waals surface area contributed by atoms with Crippen molar-refractivity contribution in [3.63, 3.8) is 0 Å². The SMILES string of the molecule is Cc1ccc2oc(-c3ccc(C)c(NC(=O)c4cccc(Br)c4)c3)nc2c1. The van der Waals surface area contributed by atoms with E-state index in [0.717, 1.165) is 38.0 Å². The van der Waals surface area contributed by atoms with Crippen LogP contribution in [0.25, 0.3) is 22.6 Å². The first kappa shape index (κ1) is 17.5. The third kappa shape index (κ3) is 3.64. The number of oxazole rings is 1. The molecule has 0 aliphatic carbocycles. The molecule has 5 heteroatoms. The molecule has 134 valence electrons. The number of rotatable bonds is 3. The van der Waals surface area contributed by atoms with Gasteiger partial charge in [-0.1, -0.05) is 34.1 Å². The van der Waals surface area contributed by atoms with Gasteiger partial charge in [-0.05, 0) is 67.4 Å². The first-order chi connectivity index (χ1) is 13.0. The number of benzene rings is 3. The van der Waals surface area contributed by atoms with Crippen LogP contribution in [-0.4, -0.2) is 10.9 Å². The van der Waals surface area contributed by atoms with Crippen molar-refractivity contribution < 1.29 is 9.21 Å². The lowest BCUT2D eigenvalue weighted by atomic mass is 10.1. The van der Waals surface area contributed by atoms with Gasteiger partial charge in [-0.2, -0.15) is 0 Å². The van der Waals surface area contributed by atoms with Crippen LogP contribution in [-0.2, 0) is 0 Å². The van der Waals surface area contributed by atoms with E-state index in [2.05, 4.69) is 26.2 Å². The number of anilines is 1. The average Bonchev–Trinajstić information content (AvgIpc) is 3.06. The molecule has 1 aromatic heterocycles. The van der Waals surface area contributed by atoms with Gasteiger partial charge in [0.2, 0.25) is 5.89 Å². The zero-order valence-corrected chi connectivity index (χ0v) is 16.5. The molecule has 0 atom stereocenters. The number of halogens is 1. The van der Waals surface area contributed by atoms with Crippen LogP contribution in [0.5, 0.6) is 0 Å². The predicted octanol–water partition coefficient (Wildman–Crippen LogP) is 6.13. The largest absolute Gasteiger partial charge is 0.436 e. The van der Waals surface area contributed by atoms with Crippen molar-refractivity contribution in [3.8, 4) is 11.5 Å². The van der Waals surface area contributed by atoms with Crippen LogP contribution >= 0.6 is 15.9 Å². The number of hydrogen-bond donors (Lipinski definition) is 1. The van der Waals surface area contributed by atoms with Gasteiger partial charge in [0.1, 0.15) is 5.52 Å². The second-order valence-corrected chi connectivity index (χ2v) is 7.40. The van der Waals surface area contributed by atoms with E-state index < -0.39 is 0 Å². The number of fused-ring (bicyclic) bond motifs is 1. The molecule has 0 fully saturated rings. The fraction of sp³-hybridized carbons (Fsp3) is 0.0909. The summed E-state index contributed by atoms with van der Waals surface area (Å²) in [7, 11) is 0. The van der Waals surface area contributed by atoms with Crippen LogP contribution in [0.4, 0.5) is 5.69 Å². The van der Waals surface area contributed by atoms with E-state index in [1.165, 1.54) is 0 Å². The third-order valence-corrected chi connectivity index (χ3v) is 4.86. The summed E-state index contributed by atoms with van der Waals surface area (Å²) < 4.78 is 6.74. The first-order valence-corrected chi connectivity index (χ1v) is 9.34. The Morgan fingerprint density at radius 3 is 2.70 bits per heavy atom. The molecule has 0 aliphatic rings. The van der Waals surface area contributed by atoms with E-state index >= 15 is 0 Å². The lowest BCUT2D eigenvalue weighted by molar-refractivity contribution is 0.102. The van der Waals surface area contributed by atoms with Gasteiger partial charge in [0.25, 0.3) is 5.91 Å². The van der Waals surface area contributed by atoms with E-state index in [4.69, 9.17) is 4.42 Å². The Morgan fingerprint density at radius 1 is 1.04 bits per heavy atom. The highest BCUT2D eigenvalue weighted by Gasteiger charge is 2.13. The molecule has 4 aromatic rings. The Morgan fingerprint density at radius 2 is 1.89 bits per heavy atom. The highest BCUT2D eigenvalue weighted by atomic mass is 79.9. The number of carbonyl (C=O) groups is 1. The summed E-state index contributed by atoms with van der Waals surface area (Å²) in [5, 5.41) is 2.98.